The van der Waals surface area contributed by atoms with Gasteiger partial charge < -0.3 is 15.4 Å². The van der Waals surface area contributed by atoms with Crippen molar-refractivity contribution < 1.29 is 9.53 Å². The number of benzene rings is 1. The van der Waals surface area contributed by atoms with Crippen LogP contribution in [-0.2, 0) is 4.79 Å². The molecule has 0 radical (unpaired) electrons. The minimum atomic E-state index is -0.0756. The predicted molar refractivity (Wildman–Crippen MR) is 86.5 cm³/mol. The van der Waals surface area contributed by atoms with Gasteiger partial charge in [0.1, 0.15) is 5.75 Å². The lowest BCUT2D eigenvalue weighted by Crippen LogP contribution is -2.35. The molecule has 4 nitrogen and oxygen atoms in total. The van der Waals surface area contributed by atoms with Crippen molar-refractivity contribution in [3.8, 4) is 5.75 Å². The number of ether oxygens (including phenoxy) is 1. The van der Waals surface area contributed by atoms with Crippen molar-refractivity contribution in [3.63, 3.8) is 0 Å². The van der Waals surface area contributed by atoms with Gasteiger partial charge in [0.2, 0.25) is 0 Å². The zero-order valence-electron chi connectivity index (χ0n) is 13.6. The third-order valence-corrected chi connectivity index (χ3v) is 3.46. The molecule has 21 heavy (non-hydrogen) atoms. The summed E-state index contributed by atoms with van der Waals surface area (Å²) in [4.78, 5) is 11.8. The summed E-state index contributed by atoms with van der Waals surface area (Å²) in [6.07, 6.45) is 2.00. The van der Waals surface area contributed by atoms with Crippen LogP contribution in [0.1, 0.15) is 52.1 Å². The molecule has 4 heteroatoms. The Morgan fingerprint density at radius 1 is 1.24 bits per heavy atom. The molecule has 0 aliphatic carbocycles. The second-order valence-corrected chi connectivity index (χ2v) is 5.38. The van der Waals surface area contributed by atoms with E-state index in [-0.39, 0.29) is 24.6 Å². The Morgan fingerprint density at radius 3 is 2.62 bits per heavy atom. The summed E-state index contributed by atoms with van der Waals surface area (Å²) in [6, 6.07) is 8.26. The Bertz CT molecular complexity index is 435. The van der Waals surface area contributed by atoms with Crippen molar-refractivity contribution in [1.82, 2.24) is 10.6 Å². The van der Waals surface area contributed by atoms with Gasteiger partial charge in [-0.25, -0.2) is 0 Å². The van der Waals surface area contributed by atoms with Crippen molar-refractivity contribution in [1.29, 1.82) is 0 Å². The Labute approximate surface area is 128 Å². The van der Waals surface area contributed by atoms with Gasteiger partial charge in [-0.3, -0.25) is 4.79 Å². The van der Waals surface area contributed by atoms with E-state index in [1.807, 2.05) is 38.1 Å². The van der Waals surface area contributed by atoms with Gasteiger partial charge in [-0.15, -0.1) is 0 Å². The van der Waals surface area contributed by atoms with Crippen molar-refractivity contribution >= 4 is 5.91 Å². The standard InChI is InChI=1S/C17H28N2O2/c1-5-11-18-14(4)15-9-7-8-10-16(15)21-12-17(20)19-13(3)6-2/h7-10,13-14,18H,5-6,11-12H2,1-4H3,(H,19,20). The van der Waals surface area contributed by atoms with Gasteiger partial charge in [-0.1, -0.05) is 32.0 Å². The summed E-state index contributed by atoms with van der Waals surface area (Å²) in [6.45, 7) is 9.30. The lowest BCUT2D eigenvalue weighted by molar-refractivity contribution is -0.123. The van der Waals surface area contributed by atoms with E-state index in [1.165, 1.54) is 0 Å². The van der Waals surface area contributed by atoms with Crippen molar-refractivity contribution in [2.24, 2.45) is 0 Å². The van der Waals surface area contributed by atoms with Gasteiger partial charge >= 0.3 is 0 Å². The quantitative estimate of drug-likeness (QED) is 0.735. The maximum Gasteiger partial charge on any atom is 0.258 e. The monoisotopic (exact) mass is 292 g/mol. The first-order valence-electron chi connectivity index (χ1n) is 7.82. The molecule has 0 heterocycles. The lowest BCUT2D eigenvalue weighted by Gasteiger charge is -2.18. The molecule has 1 rings (SSSR count). The molecule has 0 saturated carbocycles. The zero-order valence-corrected chi connectivity index (χ0v) is 13.6. The van der Waals surface area contributed by atoms with Crippen LogP contribution in [0.4, 0.5) is 0 Å². The largest absolute Gasteiger partial charge is 0.483 e. The Balaban J connectivity index is 2.60. The SMILES string of the molecule is CCCNC(C)c1ccccc1OCC(=O)NC(C)CC. The molecule has 0 aliphatic heterocycles. The van der Waals surface area contributed by atoms with Crippen molar-refractivity contribution in [3.05, 3.63) is 29.8 Å². The number of carbonyl (C=O) groups excluding carboxylic acids is 1. The van der Waals surface area contributed by atoms with E-state index in [1.54, 1.807) is 0 Å². The minimum absolute atomic E-state index is 0.0574. The van der Waals surface area contributed by atoms with E-state index < -0.39 is 0 Å². The normalized spacial score (nSPS) is 13.5. The van der Waals surface area contributed by atoms with Crippen LogP contribution < -0.4 is 15.4 Å². The van der Waals surface area contributed by atoms with Gasteiger partial charge in [0, 0.05) is 17.6 Å². The highest BCUT2D eigenvalue weighted by atomic mass is 16.5. The van der Waals surface area contributed by atoms with Crippen LogP contribution in [0.2, 0.25) is 0 Å². The highest BCUT2D eigenvalue weighted by Gasteiger charge is 2.12. The number of para-hydroxylation sites is 1. The van der Waals surface area contributed by atoms with Crippen LogP contribution in [0, 0.1) is 0 Å². The highest BCUT2D eigenvalue weighted by molar-refractivity contribution is 5.77. The predicted octanol–water partition coefficient (Wildman–Crippen LogP) is 3.04. The second-order valence-electron chi connectivity index (χ2n) is 5.38. The number of amides is 1. The molecule has 0 fully saturated rings. The Hall–Kier alpha value is -1.55. The number of rotatable bonds is 9. The maximum atomic E-state index is 11.8. The third-order valence-electron chi connectivity index (χ3n) is 3.46. The van der Waals surface area contributed by atoms with E-state index in [0.29, 0.717) is 0 Å². The fraction of sp³-hybridized carbons (Fsp3) is 0.588. The lowest BCUT2D eigenvalue weighted by atomic mass is 10.1. The summed E-state index contributed by atoms with van der Waals surface area (Å²) < 4.78 is 5.69. The number of carbonyl (C=O) groups is 1. The molecule has 0 saturated heterocycles. The van der Waals surface area contributed by atoms with Crippen LogP contribution in [0.25, 0.3) is 0 Å². The van der Waals surface area contributed by atoms with Gasteiger partial charge in [-0.2, -0.15) is 0 Å². The second kappa shape index (κ2) is 9.40. The molecule has 2 N–H and O–H groups in total. The smallest absolute Gasteiger partial charge is 0.258 e. The molecule has 1 amide bonds. The van der Waals surface area contributed by atoms with E-state index in [9.17, 15) is 4.79 Å². The Morgan fingerprint density at radius 2 is 1.95 bits per heavy atom. The van der Waals surface area contributed by atoms with Gasteiger partial charge in [0.15, 0.2) is 6.61 Å². The zero-order chi connectivity index (χ0) is 15.7. The minimum Gasteiger partial charge on any atom is -0.483 e. The van der Waals surface area contributed by atoms with E-state index in [2.05, 4.69) is 24.5 Å². The summed E-state index contributed by atoms with van der Waals surface area (Å²) in [5.74, 6) is 0.696. The topological polar surface area (TPSA) is 50.4 Å². The number of hydrogen-bond acceptors (Lipinski definition) is 3. The van der Waals surface area contributed by atoms with Gasteiger partial charge in [-0.05, 0) is 39.3 Å². The summed E-state index contributed by atoms with van der Waals surface area (Å²) >= 11 is 0. The average molecular weight is 292 g/mol. The van der Waals surface area contributed by atoms with Gasteiger partial charge in [0.05, 0.1) is 0 Å². The first kappa shape index (κ1) is 17.5. The average Bonchev–Trinajstić information content (AvgIpc) is 2.50. The fourth-order valence-electron chi connectivity index (χ4n) is 2.00. The molecular formula is C17H28N2O2. The third kappa shape index (κ3) is 6.17. The van der Waals surface area contributed by atoms with Crippen LogP contribution in [0.5, 0.6) is 5.75 Å². The highest BCUT2D eigenvalue weighted by Crippen LogP contribution is 2.24. The fourth-order valence-corrected chi connectivity index (χ4v) is 2.00. The summed E-state index contributed by atoms with van der Waals surface area (Å²) in [5, 5.41) is 6.34. The maximum absolute atomic E-state index is 11.8. The molecule has 0 aliphatic rings. The van der Waals surface area contributed by atoms with Crippen molar-refractivity contribution in [2.45, 2.75) is 52.6 Å². The molecule has 2 unspecified atom stereocenters. The van der Waals surface area contributed by atoms with Crippen molar-refractivity contribution in [2.75, 3.05) is 13.2 Å². The Kier molecular flexibility index (Phi) is 7.83. The molecular weight excluding hydrogens is 264 g/mol. The first-order valence-corrected chi connectivity index (χ1v) is 7.82. The molecule has 0 bridgehead atoms. The molecule has 118 valence electrons. The van der Waals surface area contributed by atoms with Crippen LogP contribution >= 0.6 is 0 Å². The first-order chi connectivity index (χ1) is 10.1. The molecule has 2 atom stereocenters. The molecule has 0 spiro atoms. The van der Waals surface area contributed by atoms with Crippen LogP contribution in [0.15, 0.2) is 24.3 Å². The van der Waals surface area contributed by atoms with Crippen LogP contribution in [0.3, 0.4) is 0 Å². The number of hydrogen-bond donors (Lipinski definition) is 2. The molecule has 0 aromatic heterocycles. The van der Waals surface area contributed by atoms with Gasteiger partial charge in [0.25, 0.3) is 5.91 Å². The number of nitrogens with one attached hydrogen (secondary N) is 2. The van der Waals surface area contributed by atoms with E-state index in [0.717, 1.165) is 30.7 Å². The molecule has 1 aromatic rings. The summed E-state index contributed by atoms with van der Waals surface area (Å²) in [5.41, 5.74) is 1.09. The van der Waals surface area contributed by atoms with E-state index >= 15 is 0 Å². The van der Waals surface area contributed by atoms with Crippen LogP contribution in [-0.4, -0.2) is 25.1 Å². The van der Waals surface area contributed by atoms with E-state index in [4.69, 9.17) is 4.74 Å². The molecule has 1 aromatic carbocycles. The summed E-state index contributed by atoms with van der Waals surface area (Å²) in [7, 11) is 0.